The smallest absolute Gasteiger partial charge is 0.320 e. The molecule has 1 unspecified atom stereocenters. The van der Waals surface area contributed by atoms with Gasteiger partial charge in [-0.3, -0.25) is 9.69 Å². The summed E-state index contributed by atoms with van der Waals surface area (Å²) in [6.45, 7) is 3.10. The van der Waals surface area contributed by atoms with Crippen LogP contribution in [0.5, 0.6) is 0 Å². The van der Waals surface area contributed by atoms with E-state index in [1.54, 1.807) is 24.2 Å². The monoisotopic (exact) mass is 587 g/mol. The summed E-state index contributed by atoms with van der Waals surface area (Å²) in [7, 11) is 1.89. The summed E-state index contributed by atoms with van der Waals surface area (Å²) < 4.78 is 73.3. The summed E-state index contributed by atoms with van der Waals surface area (Å²) in [4.78, 5) is 16.9. The maximum atomic E-state index is 14.4. The zero-order chi connectivity index (χ0) is 30.0. The Hall–Kier alpha value is -3.34. The molecule has 224 valence electrons. The van der Waals surface area contributed by atoms with Gasteiger partial charge in [-0.1, -0.05) is 25.5 Å². The van der Waals surface area contributed by atoms with E-state index in [1.807, 2.05) is 29.8 Å². The largest absolute Gasteiger partial charge is 0.416 e. The number of carbonyl (C=O) groups excluding carboxylic acids is 1. The molecular formula is C31H34F5N5O. The van der Waals surface area contributed by atoms with Crippen LogP contribution in [-0.2, 0) is 19.8 Å². The van der Waals surface area contributed by atoms with Gasteiger partial charge in [0.15, 0.2) is 0 Å². The minimum Gasteiger partial charge on any atom is -0.320 e. The molecule has 0 radical (unpaired) electrons. The summed E-state index contributed by atoms with van der Waals surface area (Å²) in [5.74, 6) is -3.08. The molecule has 0 bridgehead atoms. The molecular weight excluding hydrogens is 553 g/mol. The van der Waals surface area contributed by atoms with Gasteiger partial charge in [-0.15, -0.1) is 10.2 Å². The van der Waals surface area contributed by atoms with Gasteiger partial charge in [0, 0.05) is 55.7 Å². The van der Waals surface area contributed by atoms with Crippen LogP contribution in [0.3, 0.4) is 0 Å². The van der Waals surface area contributed by atoms with Gasteiger partial charge >= 0.3 is 6.18 Å². The summed E-state index contributed by atoms with van der Waals surface area (Å²) >= 11 is 0. The number of likely N-dealkylation sites (tertiary alicyclic amines) is 1. The van der Waals surface area contributed by atoms with Gasteiger partial charge in [0.05, 0.1) is 12.1 Å². The summed E-state index contributed by atoms with van der Waals surface area (Å²) in [6, 6.07) is 9.48. The highest BCUT2D eigenvalue weighted by Crippen LogP contribution is 2.45. The van der Waals surface area contributed by atoms with E-state index in [4.69, 9.17) is 0 Å². The molecule has 6 nitrogen and oxygen atoms in total. The first kappa shape index (κ1) is 28.8. The minimum atomic E-state index is -4.68. The first-order valence-electron chi connectivity index (χ1n) is 14.5. The van der Waals surface area contributed by atoms with Crippen molar-refractivity contribution in [2.75, 3.05) is 18.0 Å². The number of benzene rings is 2. The number of hydrogen-bond acceptors (Lipinski definition) is 4. The Morgan fingerprint density at radius 3 is 2.48 bits per heavy atom. The number of aromatic nitrogens is 3. The highest BCUT2D eigenvalue weighted by molar-refractivity contribution is 6.10. The minimum absolute atomic E-state index is 0.0105. The molecule has 2 aliphatic heterocycles. The highest BCUT2D eigenvalue weighted by atomic mass is 19.4. The number of hydrogen-bond donors (Lipinski definition) is 0. The van der Waals surface area contributed by atoms with E-state index in [-0.39, 0.29) is 43.1 Å². The average molecular weight is 588 g/mol. The van der Waals surface area contributed by atoms with Crippen LogP contribution in [0.25, 0.3) is 0 Å². The fourth-order valence-electron chi connectivity index (χ4n) is 6.68. The van der Waals surface area contributed by atoms with Gasteiger partial charge in [0.2, 0.25) is 0 Å². The topological polar surface area (TPSA) is 54.3 Å². The van der Waals surface area contributed by atoms with Crippen LogP contribution in [0.15, 0.2) is 42.7 Å². The van der Waals surface area contributed by atoms with Crippen molar-refractivity contribution in [1.82, 2.24) is 19.7 Å². The Bertz CT molecular complexity index is 1500. The normalized spacial score (nSPS) is 22.6. The van der Waals surface area contributed by atoms with Crippen LogP contribution in [0.1, 0.15) is 89.9 Å². The predicted molar refractivity (Wildman–Crippen MR) is 147 cm³/mol. The van der Waals surface area contributed by atoms with E-state index in [2.05, 4.69) is 10.2 Å². The maximum Gasteiger partial charge on any atom is 0.416 e. The Labute approximate surface area is 241 Å². The van der Waals surface area contributed by atoms with Crippen molar-refractivity contribution >= 4 is 11.6 Å². The van der Waals surface area contributed by atoms with E-state index in [0.717, 1.165) is 36.7 Å². The lowest BCUT2D eigenvalue weighted by atomic mass is 9.72. The first-order valence-corrected chi connectivity index (χ1v) is 14.5. The van der Waals surface area contributed by atoms with Crippen LogP contribution >= 0.6 is 0 Å². The van der Waals surface area contributed by atoms with Crippen LogP contribution in [0.4, 0.5) is 27.6 Å². The second-order valence-electron chi connectivity index (χ2n) is 12.1. The molecule has 3 atom stereocenters. The molecule has 1 amide bonds. The quantitative estimate of drug-likeness (QED) is 0.293. The molecule has 3 aromatic rings. The van der Waals surface area contributed by atoms with E-state index < -0.39 is 35.5 Å². The predicted octanol–water partition coefficient (Wildman–Crippen LogP) is 6.96. The van der Waals surface area contributed by atoms with E-state index >= 15 is 0 Å². The molecule has 3 aliphatic rings. The molecule has 42 heavy (non-hydrogen) atoms. The van der Waals surface area contributed by atoms with Crippen LogP contribution in [0.2, 0.25) is 0 Å². The van der Waals surface area contributed by atoms with Crippen molar-refractivity contribution in [3.63, 3.8) is 0 Å². The zero-order valence-corrected chi connectivity index (χ0v) is 23.8. The van der Waals surface area contributed by atoms with Crippen LogP contribution in [-0.4, -0.2) is 44.6 Å². The number of rotatable bonds is 6. The number of aryl methyl sites for hydroxylation is 1. The Kier molecular flexibility index (Phi) is 7.14. The number of anilines is 1. The molecule has 0 N–H and O–H groups in total. The SMILES string of the molecule is CC(c1cc2c(c(C(F)(F)F)c1)CN(c1cccc([C@@H](c3nncn3C)C3CCC3)c1)C2=O)N1CCC(F)(F)[C@H](C)C1. The number of carbonyl (C=O) groups is 1. The summed E-state index contributed by atoms with van der Waals surface area (Å²) in [6.07, 6.45) is -0.176. The standard InChI is InChI=1S/C31H34F5N5O/c1-18-15-40(11-10-30(18,32)33)19(2)22-13-24-25(26(14-22)31(34,35)36)16-41(29(24)42)23-9-5-8-21(12-23)27(20-6-4-7-20)28-38-37-17-39(28)3/h5,8-9,12-14,17-20,27H,4,6-7,10-11,15-16H2,1-3H3/t18-,19?,27+/m1/s1. The molecule has 0 spiro atoms. The molecule has 1 saturated carbocycles. The number of fused-ring (bicyclic) bond motifs is 1. The van der Waals surface area contributed by atoms with Gasteiger partial charge < -0.3 is 9.47 Å². The third kappa shape index (κ3) is 4.99. The van der Waals surface area contributed by atoms with Gasteiger partial charge in [-0.25, -0.2) is 8.78 Å². The van der Waals surface area contributed by atoms with Crippen molar-refractivity contribution in [2.24, 2.45) is 18.9 Å². The second kappa shape index (κ2) is 10.4. The van der Waals surface area contributed by atoms with Crippen molar-refractivity contribution in [3.05, 3.63) is 76.4 Å². The zero-order valence-electron chi connectivity index (χ0n) is 23.8. The third-order valence-corrected chi connectivity index (χ3v) is 9.55. The summed E-state index contributed by atoms with van der Waals surface area (Å²) in [5, 5.41) is 8.40. The average Bonchev–Trinajstić information content (AvgIpc) is 3.48. The molecule has 1 aromatic heterocycles. The number of halogens is 5. The maximum absolute atomic E-state index is 14.4. The number of amides is 1. The van der Waals surface area contributed by atoms with Crippen molar-refractivity contribution < 1.29 is 26.7 Å². The highest BCUT2D eigenvalue weighted by Gasteiger charge is 2.44. The molecule has 2 aromatic carbocycles. The lowest BCUT2D eigenvalue weighted by Crippen LogP contribution is -2.46. The Morgan fingerprint density at radius 1 is 1.10 bits per heavy atom. The van der Waals surface area contributed by atoms with Crippen molar-refractivity contribution in [3.8, 4) is 0 Å². The van der Waals surface area contributed by atoms with Gasteiger partial charge in [0.1, 0.15) is 12.2 Å². The van der Waals surface area contributed by atoms with E-state index in [1.165, 1.54) is 17.9 Å². The van der Waals surface area contributed by atoms with Gasteiger partial charge in [-0.05, 0) is 66.6 Å². The van der Waals surface area contributed by atoms with Crippen molar-refractivity contribution in [2.45, 2.75) is 70.1 Å². The second-order valence-corrected chi connectivity index (χ2v) is 12.1. The van der Waals surface area contributed by atoms with Crippen molar-refractivity contribution in [1.29, 1.82) is 0 Å². The van der Waals surface area contributed by atoms with Gasteiger partial charge in [-0.2, -0.15) is 13.2 Å². The molecule has 11 heteroatoms. The van der Waals surface area contributed by atoms with E-state index in [0.29, 0.717) is 17.2 Å². The van der Waals surface area contributed by atoms with Crippen LogP contribution in [0, 0.1) is 11.8 Å². The molecule has 6 rings (SSSR count). The van der Waals surface area contributed by atoms with Crippen LogP contribution < -0.4 is 4.90 Å². The van der Waals surface area contributed by atoms with Gasteiger partial charge in [0.25, 0.3) is 11.8 Å². The Morgan fingerprint density at radius 2 is 1.86 bits per heavy atom. The lowest BCUT2D eigenvalue weighted by molar-refractivity contribution is -0.138. The van der Waals surface area contributed by atoms with E-state index in [9.17, 15) is 26.7 Å². The summed E-state index contributed by atoms with van der Waals surface area (Å²) in [5.41, 5.74) is 0.867. The first-order chi connectivity index (χ1) is 19.8. The molecule has 2 fully saturated rings. The molecule has 1 saturated heterocycles. The fraction of sp³-hybridized carbons (Fsp3) is 0.516. The fourth-order valence-corrected chi connectivity index (χ4v) is 6.68. The number of piperidine rings is 1. The Balaban J connectivity index is 1.34. The molecule has 3 heterocycles. The number of nitrogens with zero attached hydrogens (tertiary/aromatic N) is 5. The number of alkyl halides is 5. The molecule has 1 aliphatic carbocycles. The third-order valence-electron chi connectivity index (χ3n) is 9.55. The lowest BCUT2D eigenvalue weighted by Gasteiger charge is -2.40.